The van der Waals surface area contributed by atoms with Gasteiger partial charge in [0.1, 0.15) is 0 Å². The highest BCUT2D eigenvalue weighted by atomic mass is 19.4. The van der Waals surface area contributed by atoms with E-state index in [1.807, 2.05) is 0 Å². The predicted octanol–water partition coefficient (Wildman–Crippen LogP) is 3.22. The van der Waals surface area contributed by atoms with Gasteiger partial charge in [0.25, 0.3) is 0 Å². The van der Waals surface area contributed by atoms with Crippen LogP contribution < -0.4 is 11.1 Å². The normalized spacial score (nSPS) is 17.6. The van der Waals surface area contributed by atoms with Crippen molar-refractivity contribution < 1.29 is 13.2 Å². The summed E-state index contributed by atoms with van der Waals surface area (Å²) in [6, 6.07) is 4.19. The maximum Gasteiger partial charge on any atom is 0.418 e. The van der Waals surface area contributed by atoms with Crippen LogP contribution in [0.4, 0.5) is 18.9 Å². The van der Waals surface area contributed by atoms with Crippen molar-refractivity contribution in [1.29, 1.82) is 0 Å². The minimum absolute atomic E-state index is 0.107. The number of anilines is 1. The number of rotatable bonds is 3. The molecule has 0 atom stereocenters. The lowest BCUT2D eigenvalue weighted by molar-refractivity contribution is -0.136. The highest BCUT2D eigenvalue weighted by Gasteiger charge is 2.33. The van der Waals surface area contributed by atoms with Crippen LogP contribution in [0.1, 0.15) is 30.4 Å². The second-order valence-corrected chi connectivity index (χ2v) is 5.11. The lowest BCUT2D eigenvalue weighted by atomic mass is 9.90. The van der Waals surface area contributed by atoms with Gasteiger partial charge in [-0.2, -0.15) is 13.2 Å². The van der Waals surface area contributed by atoms with Crippen molar-refractivity contribution in [1.82, 2.24) is 5.32 Å². The zero-order chi connectivity index (χ0) is 13.9. The number of piperidine rings is 1. The van der Waals surface area contributed by atoms with Gasteiger partial charge in [0.15, 0.2) is 0 Å². The smallest absolute Gasteiger partial charge is 0.398 e. The third kappa shape index (κ3) is 3.62. The van der Waals surface area contributed by atoms with E-state index >= 15 is 0 Å². The van der Waals surface area contributed by atoms with Crippen LogP contribution >= 0.6 is 0 Å². The molecule has 0 aliphatic carbocycles. The Morgan fingerprint density at radius 1 is 1.21 bits per heavy atom. The average Bonchev–Trinajstić information content (AvgIpc) is 2.37. The number of alkyl halides is 3. The summed E-state index contributed by atoms with van der Waals surface area (Å²) in [5.41, 5.74) is 5.45. The fraction of sp³-hybridized carbons (Fsp3) is 0.571. The molecule has 1 heterocycles. The molecule has 3 N–H and O–H groups in total. The molecule has 0 radical (unpaired) electrons. The first kappa shape index (κ1) is 14.2. The molecule has 0 bridgehead atoms. The summed E-state index contributed by atoms with van der Waals surface area (Å²) in [4.78, 5) is 0. The first-order valence-corrected chi connectivity index (χ1v) is 6.64. The molecule has 2 nitrogen and oxygen atoms in total. The Kier molecular flexibility index (Phi) is 4.34. The van der Waals surface area contributed by atoms with Gasteiger partial charge in [-0.05, 0) is 56.3 Å². The van der Waals surface area contributed by atoms with E-state index in [0.29, 0.717) is 17.9 Å². The van der Waals surface area contributed by atoms with Crippen LogP contribution in [-0.4, -0.2) is 13.1 Å². The van der Waals surface area contributed by atoms with Crippen LogP contribution in [0.25, 0.3) is 0 Å². The number of aryl methyl sites for hydroxylation is 1. The minimum atomic E-state index is -4.37. The number of halogens is 3. The highest BCUT2D eigenvalue weighted by molar-refractivity contribution is 5.55. The summed E-state index contributed by atoms with van der Waals surface area (Å²) in [5.74, 6) is 0.593. The summed E-state index contributed by atoms with van der Waals surface area (Å²) in [6.07, 6.45) is -0.639. The minimum Gasteiger partial charge on any atom is -0.398 e. The Bertz CT molecular complexity index is 423. The SMILES string of the molecule is Nc1c(CCC2CCNCC2)cccc1C(F)(F)F. The van der Waals surface area contributed by atoms with Gasteiger partial charge in [0.2, 0.25) is 0 Å². The van der Waals surface area contributed by atoms with Gasteiger partial charge in [-0.25, -0.2) is 0 Å². The molecule has 0 amide bonds. The number of hydrogen-bond donors (Lipinski definition) is 2. The number of nitrogens with two attached hydrogens (primary N) is 1. The predicted molar refractivity (Wildman–Crippen MR) is 69.8 cm³/mol. The third-order valence-corrected chi connectivity index (χ3v) is 3.78. The lowest BCUT2D eigenvalue weighted by Crippen LogP contribution is -2.28. The van der Waals surface area contributed by atoms with Crippen LogP contribution in [0.5, 0.6) is 0 Å². The fourth-order valence-electron chi connectivity index (χ4n) is 2.61. The van der Waals surface area contributed by atoms with Crippen LogP contribution in [-0.2, 0) is 12.6 Å². The Balaban J connectivity index is 2.04. The zero-order valence-electron chi connectivity index (χ0n) is 10.8. The van der Waals surface area contributed by atoms with E-state index in [9.17, 15) is 13.2 Å². The molecule has 1 aliphatic rings. The molecule has 1 saturated heterocycles. The topological polar surface area (TPSA) is 38.0 Å². The summed E-state index contributed by atoms with van der Waals surface area (Å²) in [7, 11) is 0. The molecule has 1 aromatic carbocycles. The molecule has 0 aromatic heterocycles. The average molecular weight is 272 g/mol. The van der Waals surface area contributed by atoms with E-state index in [-0.39, 0.29) is 5.69 Å². The van der Waals surface area contributed by atoms with Crippen LogP contribution in [0.3, 0.4) is 0 Å². The van der Waals surface area contributed by atoms with Crippen molar-refractivity contribution in [3.63, 3.8) is 0 Å². The first-order chi connectivity index (χ1) is 8.98. The van der Waals surface area contributed by atoms with E-state index in [1.165, 1.54) is 6.07 Å². The molecule has 1 aromatic rings. The number of hydrogen-bond acceptors (Lipinski definition) is 2. The second-order valence-electron chi connectivity index (χ2n) is 5.11. The van der Waals surface area contributed by atoms with Gasteiger partial charge in [-0.15, -0.1) is 0 Å². The summed E-state index contributed by atoms with van der Waals surface area (Å²) in [6.45, 7) is 2.01. The maximum absolute atomic E-state index is 12.7. The van der Waals surface area contributed by atoms with E-state index in [0.717, 1.165) is 38.4 Å². The third-order valence-electron chi connectivity index (χ3n) is 3.78. The van der Waals surface area contributed by atoms with E-state index < -0.39 is 11.7 Å². The molecule has 0 saturated carbocycles. The van der Waals surface area contributed by atoms with Crippen molar-refractivity contribution in [3.05, 3.63) is 29.3 Å². The van der Waals surface area contributed by atoms with Crippen molar-refractivity contribution in [2.45, 2.75) is 31.9 Å². The highest BCUT2D eigenvalue weighted by Crippen LogP contribution is 2.35. The molecule has 2 rings (SSSR count). The molecule has 5 heteroatoms. The monoisotopic (exact) mass is 272 g/mol. The molecule has 1 fully saturated rings. The number of para-hydroxylation sites is 1. The Hall–Kier alpha value is -1.23. The Labute approximate surface area is 111 Å². The fourth-order valence-corrected chi connectivity index (χ4v) is 2.61. The second kappa shape index (κ2) is 5.82. The van der Waals surface area contributed by atoms with Crippen molar-refractivity contribution in [2.24, 2.45) is 5.92 Å². The largest absolute Gasteiger partial charge is 0.418 e. The lowest BCUT2D eigenvalue weighted by Gasteiger charge is -2.23. The Morgan fingerprint density at radius 2 is 1.89 bits per heavy atom. The van der Waals surface area contributed by atoms with Gasteiger partial charge in [0.05, 0.1) is 5.56 Å². The number of nitrogen functional groups attached to an aromatic ring is 1. The van der Waals surface area contributed by atoms with Crippen molar-refractivity contribution >= 4 is 5.69 Å². The Morgan fingerprint density at radius 3 is 2.53 bits per heavy atom. The van der Waals surface area contributed by atoms with E-state index in [4.69, 9.17) is 5.73 Å². The van der Waals surface area contributed by atoms with Gasteiger partial charge in [0, 0.05) is 5.69 Å². The van der Waals surface area contributed by atoms with Crippen molar-refractivity contribution in [2.75, 3.05) is 18.8 Å². The molecule has 19 heavy (non-hydrogen) atoms. The first-order valence-electron chi connectivity index (χ1n) is 6.64. The number of benzene rings is 1. The molecular weight excluding hydrogens is 253 g/mol. The summed E-state index contributed by atoms with van der Waals surface area (Å²) in [5, 5.41) is 3.28. The van der Waals surface area contributed by atoms with Crippen LogP contribution in [0, 0.1) is 5.92 Å². The van der Waals surface area contributed by atoms with E-state index in [1.54, 1.807) is 6.07 Å². The zero-order valence-corrected chi connectivity index (χ0v) is 10.8. The molecular formula is C14H19F3N2. The molecule has 1 aliphatic heterocycles. The summed E-state index contributed by atoms with van der Waals surface area (Å²) < 4.78 is 38.2. The number of nitrogens with one attached hydrogen (secondary N) is 1. The molecule has 0 unspecified atom stereocenters. The van der Waals surface area contributed by atoms with Gasteiger partial charge >= 0.3 is 6.18 Å². The van der Waals surface area contributed by atoms with Crippen molar-refractivity contribution in [3.8, 4) is 0 Å². The van der Waals surface area contributed by atoms with Crippen LogP contribution in [0.15, 0.2) is 18.2 Å². The van der Waals surface area contributed by atoms with Gasteiger partial charge in [-0.1, -0.05) is 12.1 Å². The maximum atomic E-state index is 12.7. The van der Waals surface area contributed by atoms with E-state index in [2.05, 4.69) is 5.32 Å². The summed E-state index contributed by atoms with van der Waals surface area (Å²) >= 11 is 0. The molecule has 0 spiro atoms. The van der Waals surface area contributed by atoms with Crippen LogP contribution in [0.2, 0.25) is 0 Å². The quantitative estimate of drug-likeness (QED) is 0.829. The van der Waals surface area contributed by atoms with Gasteiger partial charge in [-0.3, -0.25) is 0 Å². The van der Waals surface area contributed by atoms with Gasteiger partial charge < -0.3 is 11.1 Å². The molecule has 106 valence electrons. The standard InChI is InChI=1S/C14H19F3N2/c15-14(16,17)12-3-1-2-11(13(12)18)5-4-10-6-8-19-9-7-10/h1-3,10,19H,4-9,18H2.